The zero-order valence-electron chi connectivity index (χ0n) is 24.2. The van der Waals surface area contributed by atoms with Crippen LogP contribution >= 0.6 is 0 Å². The molecular weight excluding hydrogens is 564 g/mol. The van der Waals surface area contributed by atoms with Gasteiger partial charge in [-0.2, -0.15) is 0 Å². The molecule has 0 heterocycles. The highest BCUT2D eigenvalue weighted by Gasteiger charge is 2.31. The lowest BCUT2D eigenvalue weighted by Crippen LogP contribution is -2.51. The Bertz CT molecular complexity index is 1470. The molecule has 3 aromatic rings. The molecule has 0 aromatic heterocycles. The summed E-state index contributed by atoms with van der Waals surface area (Å²) >= 11 is 0. The van der Waals surface area contributed by atoms with Crippen LogP contribution in [0.5, 0.6) is 5.75 Å². The van der Waals surface area contributed by atoms with Crippen molar-refractivity contribution in [1.82, 2.24) is 10.2 Å². The number of amides is 2. The van der Waals surface area contributed by atoms with Crippen LogP contribution in [0.1, 0.15) is 37.8 Å². The third kappa shape index (κ3) is 9.27. The van der Waals surface area contributed by atoms with Crippen LogP contribution in [-0.2, 0) is 32.6 Å². The molecule has 0 bridgehead atoms. The molecule has 0 saturated heterocycles. The SMILES string of the molecule is COc1cccc(CN(C(=O)CCCN(c2ccc(F)c(F)c2)S(C)(=O)=O)C(Cc2ccccc2)C(=O)NC(C)C)c1. The Labute approximate surface area is 246 Å². The van der Waals surface area contributed by atoms with Crippen LogP contribution in [0.2, 0.25) is 0 Å². The fourth-order valence-electron chi connectivity index (χ4n) is 4.55. The number of halogens is 2. The summed E-state index contributed by atoms with van der Waals surface area (Å²) < 4.78 is 58.6. The van der Waals surface area contributed by atoms with E-state index in [0.29, 0.717) is 5.75 Å². The first-order chi connectivity index (χ1) is 19.9. The Hall–Kier alpha value is -3.99. The van der Waals surface area contributed by atoms with Crippen LogP contribution in [0.4, 0.5) is 14.5 Å². The summed E-state index contributed by atoms with van der Waals surface area (Å²) in [5, 5.41) is 2.92. The lowest BCUT2D eigenvalue weighted by atomic mass is 10.0. The molecule has 0 aliphatic rings. The number of nitrogens with one attached hydrogen (secondary N) is 1. The molecule has 3 rings (SSSR count). The van der Waals surface area contributed by atoms with Gasteiger partial charge >= 0.3 is 0 Å². The van der Waals surface area contributed by atoms with Crippen molar-refractivity contribution in [3.8, 4) is 5.75 Å². The van der Waals surface area contributed by atoms with Gasteiger partial charge in [-0.3, -0.25) is 13.9 Å². The van der Waals surface area contributed by atoms with E-state index in [2.05, 4.69) is 5.32 Å². The van der Waals surface area contributed by atoms with E-state index in [1.165, 1.54) is 18.1 Å². The minimum atomic E-state index is -3.86. The zero-order valence-corrected chi connectivity index (χ0v) is 25.0. The largest absolute Gasteiger partial charge is 0.497 e. The van der Waals surface area contributed by atoms with Crippen LogP contribution in [0.15, 0.2) is 72.8 Å². The van der Waals surface area contributed by atoms with E-state index in [-0.39, 0.29) is 55.9 Å². The molecule has 1 unspecified atom stereocenters. The fraction of sp³-hybridized carbons (Fsp3) is 0.355. The standard InChI is InChI=1S/C31H37F2N3O5S/c1-22(2)34-31(38)29(19-23-10-6-5-7-11-23)35(21-24-12-8-13-26(18-24)41-3)30(37)14-9-17-36(42(4,39)40)25-15-16-27(32)28(33)20-25/h5-8,10-13,15-16,18,20,22,29H,9,14,17,19,21H2,1-4H3,(H,34,38). The molecule has 226 valence electrons. The number of rotatable bonds is 14. The van der Waals surface area contributed by atoms with Crippen molar-refractivity contribution in [3.05, 3.63) is 95.6 Å². The molecule has 0 fully saturated rings. The van der Waals surface area contributed by atoms with E-state index in [4.69, 9.17) is 4.74 Å². The number of hydrogen-bond donors (Lipinski definition) is 1. The molecular formula is C31H37F2N3O5S. The van der Waals surface area contributed by atoms with Gasteiger partial charge in [0.2, 0.25) is 21.8 Å². The first-order valence-electron chi connectivity index (χ1n) is 13.6. The Morgan fingerprint density at radius 1 is 0.929 bits per heavy atom. The average molecular weight is 602 g/mol. The van der Waals surface area contributed by atoms with Gasteiger partial charge in [0, 0.05) is 38.0 Å². The molecule has 0 radical (unpaired) electrons. The molecule has 1 atom stereocenters. The van der Waals surface area contributed by atoms with Crippen LogP contribution in [0.3, 0.4) is 0 Å². The zero-order chi connectivity index (χ0) is 30.9. The maximum atomic E-state index is 13.9. The van der Waals surface area contributed by atoms with Crippen molar-refractivity contribution in [2.75, 3.05) is 24.2 Å². The van der Waals surface area contributed by atoms with Crippen LogP contribution in [0.25, 0.3) is 0 Å². The number of carbonyl (C=O) groups excluding carboxylic acids is 2. The number of hydrogen-bond acceptors (Lipinski definition) is 5. The van der Waals surface area contributed by atoms with E-state index in [1.54, 1.807) is 18.2 Å². The third-order valence-corrected chi connectivity index (χ3v) is 7.73. The maximum Gasteiger partial charge on any atom is 0.243 e. The summed E-state index contributed by atoms with van der Waals surface area (Å²) in [6.07, 6.45) is 1.19. The smallest absolute Gasteiger partial charge is 0.243 e. The van der Waals surface area contributed by atoms with Gasteiger partial charge in [-0.25, -0.2) is 17.2 Å². The van der Waals surface area contributed by atoms with Gasteiger partial charge in [-0.1, -0.05) is 42.5 Å². The lowest BCUT2D eigenvalue weighted by molar-refractivity contribution is -0.141. The Morgan fingerprint density at radius 2 is 1.62 bits per heavy atom. The summed E-state index contributed by atoms with van der Waals surface area (Å²) in [4.78, 5) is 28.8. The minimum absolute atomic E-state index is 0.0460. The van der Waals surface area contributed by atoms with Gasteiger partial charge in [0.15, 0.2) is 11.6 Å². The molecule has 0 aliphatic heterocycles. The second-order valence-corrected chi connectivity index (χ2v) is 12.2. The summed E-state index contributed by atoms with van der Waals surface area (Å²) in [6.45, 7) is 3.63. The van der Waals surface area contributed by atoms with Gasteiger partial charge in [-0.05, 0) is 55.7 Å². The molecule has 1 N–H and O–H groups in total. The number of anilines is 1. The third-order valence-electron chi connectivity index (χ3n) is 6.53. The monoisotopic (exact) mass is 601 g/mol. The minimum Gasteiger partial charge on any atom is -0.497 e. The maximum absolute atomic E-state index is 13.9. The van der Waals surface area contributed by atoms with Crippen LogP contribution in [-0.4, -0.2) is 57.1 Å². The van der Waals surface area contributed by atoms with E-state index < -0.39 is 27.7 Å². The summed E-state index contributed by atoms with van der Waals surface area (Å²) in [6, 6.07) is 18.4. The van der Waals surface area contributed by atoms with Crippen LogP contribution in [0, 0.1) is 11.6 Å². The molecule has 2 amide bonds. The number of methoxy groups -OCH3 is 1. The van der Waals surface area contributed by atoms with Crippen molar-refractivity contribution in [1.29, 1.82) is 0 Å². The second kappa shape index (κ2) is 14.8. The van der Waals surface area contributed by atoms with E-state index in [0.717, 1.165) is 33.8 Å². The lowest BCUT2D eigenvalue weighted by Gasteiger charge is -2.32. The van der Waals surface area contributed by atoms with Gasteiger partial charge < -0.3 is 15.0 Å². The highest BCUT2D eigenvalue weighted by molar-refractivity contribution is 7.92. The Balaban J connectivity index is 1.90. The average Bonchev–Trinajstić information content (AvgIpc) is 2.94. The molecule has 0 aliphatic carbocycles. The first kappa shape index (κ1) is 32.5. The van der Waals surface area contributed by atoms with Crippen LogP contribution < -0.4 is 14.4 Å². The van der Waals surface area contributed by atoms with Crippen molar-refractivity contribution in [2.45, 2.75) is 51.7 Å². The number of carbonyl (C=O) groups is 2. The predicted octanol–water partition coefficient (Wildman–Crippen LogP) is 4.68. The molecule has 0 saturated carbocycles. The molecule has 11 heteroatoms. The van der Waals surface area contributed by atoms with Crippen molar-refractivity contribution in [3.63, 3.8) is 0 Å². The highest BCUT2D eigenvalue weighted by Crippen LogP contribution is 2.23. The van der Waals surface area contributed by atoms with E-state index in [9.17, 15) is 26.8 Å². The number of nitrogens with zero attached hydrogens (tertiary/aromatic N) is 2. The number of benzene rings is 3. The number of sulfonamides is 1. The van der Waals surface area contributed by atoms with Gasteiger partial charge in [0.1, 0.15) is 11.8 Å². The van der Waals surface area contributed by atoms with Gasteiger partial charge in [-0.15, -0.1) is 0 Å². The van der Waals surface area contributed by atoms with E-state index in [1.807, 2.05) is 50.2 Å². The summed E-state index contributed by atoms with van der Waals surface area (Å²) in [7, 11) is -2.33. The predicted molar refractivity (Wildman–Crippen MR) is 159 cm³/mol. The molecule has 42 heavy (non-hydrogen) atoms. The topological polar surface area (TPSA) is 96.0 Å². The summed E-state index contributed by atoms with van der Waals surface area (Å²) in [5.74, 6) is -2.36. The van der Waals surface area contributed by atoms with Crippen molar-refractivity contribution >= 4 is 27.5 Å². The highest BCUT2D eigenvalue weighted by atomic mass is 32.2. The molecule has 3 aromatic carbocycles. The molecule has 0 spiro atoms. The van der Waals surface area contributed by atoms with Crippen molar-refractivity contribution in [2.24, 2.45) is 0 Å². The fourth-order valence-corrected chi connectivity index (χ4v) is 5.50. The quantitative estimate of drug-likeness (QED) is 0.290. The number of ether oxygens (including phenoxy) is 1. The Morgan fingerprint density at radius 3 is 2.24 bits per heavy atom. The first-order valence-corrected chi connectivity index (χ1v) is 15.4. The summed E-state index contributed by atoms with van der Waals surface area (Å²) in [5.41, 5.74) is 1.57. The Kier molecular flexibility index (Phi) is 11.4. The van der Waals surface area contributed by atoms with E-state index >= 15 is 0 Å². The molecule has 8 nitrogen and oxygen atoms in total. The van der Waals surface area contributed by atoms with Gasteiger partial charge in [0.05, 0.1) is 19.1 Å². The van der Waals surface area contributed by atoms with Gasteiger partial charge in [0.25, 0.3) is 0 Å². The second-order valence-electron chi connectivity index (χ2n) is 10.3. The van der Waals surface area contributed by atoms with Crippen molar-refractivity contribution < 1.29 is 31.5 Å². The normalized spacial score (nSPS) is 12.1.